The summed E-state index contributed by atoms with van der Waals surface area (Å²) < 4.78 is 1.55. The molecule has 25 heavy (non-hydrogen) atoms. The van der Waals surface area contributed by atoms with Crippen LogP contribution in [0.15, 0.2) is 42.7 Å². The lowest BCUT2D eigenvalue weighted by Crippen LogP contribution is -2.27. The number of hydrogen-bond acceptors (Lipinski definition) is 4. The number of nitrogens with one attached hydrogen (secondary N) is 1. The van der Waals surface area contributed by atoms with Gasteiger partial charge in [-0.1, -0.05) is 29.3 Å². The molecule has 1 heterocycles. The minimum atomic E-state index is -0.253. The SMILES string of the molecule is Cc1cc(C(=O)NC(C)c2ccc(Cl)cc2Cl)ccc1-n1cnnn1. The Hall–Kier alpha value is -2.44. The molecule has 0 saturated heterocycles. The lowest BCUT2D eigenvalue weighted by Gasteiger charge is -2.16. The Bertz CT molecular complexity index is 911. The first kappa shape index (κ1) is 17.4. The van der Waals surface area contributed by atoms with Crippen LogP contribution in [0.4, 0.5) is 0 Å². The van der Waals surface area contributed by atoms with Crippen molar-refractivity contribution in [3.8, 4) is 5.69 Å². The second-order valence-electron chi connectivity index (χ2n) is 5.62. The van der Waals surface area contributed by atoms with E-state index < -0.39 is 0 Å². The molecule has 3 aromatic rings. The molecule has 1 aromatic heterocycles. The van der Waals surface area contributed by atoms with Gasteiger partial charge < -0.3 is 5.32 Å². The van der Waals surface area contributed by atoms with Crippen LogP contribution in [0.2, 0.25) is 10.0 Å². The first-order valence-electron chi connectivity index (χ1n) is 7.55. The maximum Gasteiger partial charge on any atom is 0.251 e. The van der Waals surface area contributed by atoms with Gasteiger partial charge in [0.15, 0.2) is 0 Å². The largest absolute Gasteiger partial charge is 0.345 e. The molecule has 0 aliphatic heterocycles. The number of aromatic nitrogens is 4. The summed E-state index contributed by atoms with van der Waals surface area (Å²) in [6.07, 6.45) is 1.51. The van der Waals surface area contributed by atoms with Crippen molar-refractivity contribution < 1.29 is 4.79 Å². The molecular formula is C17H15Cl2N5O. The van der Waals surface area contributed by atoms with Gasteiger partial charge >= 0.3 is 0 Å². The summed E-state index contributed by atoms with van der Waals surface area (Å²) in [5, 5.41) is 15.1. The van der Waals surface area contributed by atoms with Crippen LogP contribution in [0.5, 0.6) is 0 Å². The molecular weight excluding hydrogens is 361 g/mol. The number of carbonyl (C=O) groups is 1. The minimum absolute atomic E-state index is 0.190. The highest BCUT2D eigenvalue weighted by molar-refractivity contribution is 6.35. The highest BCUT2D eigenvalue weighted by Crippen LogP contribution is 2.26. The lowest BCUT2D eigenvalue weighted by atomic mass is 10.1. The van der Waals surface area contributed by atoms with Crippen molar-refractivity contribution in [1.29, 1.82) is 0 Å². The van der Waals surface area contributed by atoms with Crippen molar-refractivity contribution >= 4 is 29.1 Å². The van der Waals surface area contributed by atoms with E-state index in [9.17, 15) is 4.79 Å². The molecule has 0 saturated carbocycles. The van der Waals surface area contributed by atoms with E-state index in [-0.39, 0.29) is 11.9 Å². The summed E-state index contributed by atoms with van der Waals surface area (Å²) in [5.41, 5.74) is 3.06. The van der Waals surface area contributed by atoms with Crippen LogP contribution < -0.4 is 5.32 Å². The van der Waals surface area contributed by atoms with E-state index in [2.05, 4.69) is 20.8 Å². The van der Waals surface area contributed by atoms with Crippen LogP contribution in [-0.4, -0.2) is 26.1 Å². The van der Waals surface area contributed by atoms with Gasteiger partial charge in [0.05, 0.1) is 11.7 Å². The van der Waals surface area contributed by atoms with E-state index in [1.807, 2.05) is 19.9 Å². The van der Waals surface area contributed by atoms with Crippen molar-refractivity contribution in [2.24, 2.45) is 0 Å². The van der Waals surface area contributed by atoms with Crippen molar-refractivity contribution in [1.82, 2.24) is 25.5 Å². The summed E-state index contributed by atoms with van der Waals surface area (Å²) in [6, 6.07) is 10.3. The monoisotopic (exact) mass is 375 g/mol. The molecule has 8 heteroatoms. The normalized spacial score (nSPS) is 12.0. The van der Waals surface area contributed by atoms with Crippen LogP contribution in [-0.2, 0) is 0 Å². The molecule has 1 atom stereocenters. The molecule has 3 rings (SSSR count). The van der Waals surface area contributed by atoms with Crippen molar-refractivity contribution in [2.45, 2.75) is 19.9 Å². The highest BCUT2D eigenvalue weighted by Gasteiger charge is 2.15. The zero-order valence-electron chi connectivity index (χ0n) is 13.6. The molecule has 0 radical (unpaired) electrons. The molecule has 0 aliphatic rings. The number of benzene rings is 2. The second kappa shape index (κ2) is 7.21. The number of halogens is 2. The van der Waals surface area contributed by atoms with Gasteiger partial charge in [0, 0.05) is 15.6 Å². The fourth-order valence-corrected chi connectivity index (χ4v) is 3.11. The number of nitrogens with zero attached hydrogens (tertiary/aromatic N) is 4. The Morgan fingerprint density at radius 2 is 2.00 bits per heavy atom. The molecule has 1 amide bonds. The predicted octanol–water partition coefficient (Wildman–Crippen LogP) is 3.77. The average molecular weight is 376 g/mol. The van der Waals surface area contributed by atoms with Gasteiger partial charge in [0.2, 0.25) is 0 Å². The van der Waals surface area contributed by atoms with E-state index in [0.29, 0.717) is 15.6 Å². The topological polar surface area (TPSA) is 72.7 Å². The third-order valence-electron chi connectivity index (χ3n) is 3.83. The van der Waals surface area contributed by atoms with Crippen LogP contribution in [0.1, 0.15) is 34.5 Å². The molecule has 0 bridgehead atoms. The Balaban J connectivity index is 1.78. The van der Waals surface area contributed by atoms with Crippen molar-refractivity contribution in [2.75, 3.05) is 0 Å². The number of amides is 1. The van der Waals surface area contributed by atoms with Gasteiger partial charge in [0.25, 0.3) is 5.91 Å². The van der Waals surface area contributed by atoms with E-state index in [1.54, 1.807) is 35.0 Å². The molecule has 0 fully saturated rings. The fourth-order valence-electron chi connectivity index (χ4n) is 2.54. The molecule has 1 N–H and O–H groups in total. The minimum Gasteiger partial charge on any atom is -0.345 e. The number of tetrazole rings is 1. The first-order chi connectivity index (χ1) is 12.0. The van der Waals surface area contributed by atoms with E-state index in [0.717, 1.165) is 16.8 Å². The number of carbonyl (C=O) groups excluding carboxylic acids is 1. The standard InChI is InChI=1S/C17H15Cl2N5O/c1-10-7-12(3-6-16(10)24-9-20-22-23-24)17(25)21-11(2)14-5-4-13(18)8-15(14)19/h3-9,11H,1-2H3,(H,21,25). The smallest absolute Gasteiger partial charge is 0.251 e. The molecule has 2 aromatic carbocycles. The third kappa shape index (κ3) is 3.81. The number of hydrogen-bond donors (Lipinski definition) is 1. The van der Waals surface area contributed by atoms with Crippen molar-refractivity contribution in [3.63, 3.8) is 0 Å². The Labute approximate surface area is 154 Å². The quantitative estimate of drug-likeness (QED) is 0.753. The summed E-state index contributed by atoms with van der Waals surface area (Å²) in [5.74, 6) is -0.190. The molecule has 128 valence electrons. The zero-order valence-corrected chi connectivity index (χ0v) is 15.1. The Morgan fingerprint density at radius 3 is 2.64 bits per heavy atom. The van der Waals surface area contributed by atoms with Crippen molar-refractivity contribution in [3.05, 3.63) is 69.5 Å². The van der Waals surface area contributed by atoms with Gasteiger partial charge in [-0.15, -0.1) is 5.10 Å². The number of aryl methyl sites for hydroxylation is 1. The van der Waals surface area contributed by atoms with E-state index >= 15 is 0 Å². The van der Waals surface area contributed by atoms with E-state index in [4.69, 9.17) is 23.2 Å². The molecule has 1 unspecified atom stereocenters. The maximum absolute atomic E-state index is 12.5. The summed E-state index contributed by atoms with van der Waals surface area (Å²) in [7, 11) is 0. The van der Waals surface area contributed by atoms with Crippen LogP contribution >= 0.6 is 23.2 Å². The molecule has 0 spiro atoms. The molecule has 0 aliphatic carbocycles. The van der Waals surface area contributed by atoms with Gasteiger partial charge in [-0.3, -0.25) is 4.79 Å². The maximum atomic E-state index is 12.5. The van der Waals surface area contributed by atoms with E-state index in [1.165, 1.54) is 6.33 Å². The van der Waals surface area contributed by atoms with Gasteiger partial charge in [0.1, 0.15) is 6.33 Å². The van der Waals surface area contributed by atoms with Crippen LogP contribution in [0.25, 0.3) is 5.69 Å². The first-order valence-corrected chi connectivity index (χ1v) is 8.31. The lowest BCUT2D eigenvalue weighted by molar-refractivity contribution is 0.0940. The van der Waals surface area contributed by atoms with Gasteiger partial charge in [-0.05, 0) is 65.7 Å². The number of rotatable bonds is 4. The summed E-state index contributed by atoms with van der Waals surface area (Å²) >= 11 is 12.1. The zero-order chi connectivity index (χ0) is 18.0. The average Bonchev–Trinajstić information content (AvgIpc) is 3.08. The fraction of sp³-hybridized carbons (Fsp3) is 0.176. The third-order valence-corrected chi connectivity index (χ3v) is 4.39. The molecule has 6 nitrogen and oxygen atoms in total. The summed E-state index contributed by atoms with van der Waals surface area (Å²) in [4.78, 5) is 12.5. The van der Waals surface area contributed by atoms with Crippen LogP contribution in [0.3, 0.4) is 0 Å². The highest BCUT2D eigenvalue weighted by atomic mass is 35.5. The van der Waals surface area contributed by atoms with Gasteiger partial charge in [-0.2, -0.15) is 0 Å². The van der Waals surface area contributed by atoms with Crippen LogP contribution in [0, 0.1) is 6.92 Å². The Kier molecular flexibility index (Phi) is 5.01. The predicted molar refractivity (Wildman–Crippen MR) is 96.2 cm³/mol. The second-order valence-corrected chi connectivity index (χ2v) is 6.46. The Morgan fingerprint density at radius 1 is 1.20 bits per heavy atom. The summed E-state index contributed by atoms with van der Waals surface area (Å²) in [6.45, 7) is 3.77. The van der Waals surface area contributed by atoms with Gasteiger partial charge in [-0.25, -0.2) is 4.68 Å².